The number of aliphatic hydroxyl groups is 2. The number of amides is 1. The molecule has 1 saturated heterocycles. The minimum absolute atomic E-state index is 0.0318. The summed E-state index contributed by atoms with van der Waals surface area (Å²) < 4.78 is 0. The van der Waals surface area contributed by atoms with Gasteiger partial charge >= 0.3 is 0 Å². The van der Waals surface area contributed by atoms with E-state index in [1.807, 2.05) is 31.2 Å². The fourth-order valence-electron chi connectivity index (χ4n) is 4.44. The minimum atomic E-state index is -0.608. The number of rotatable bonds is 7. The summed E-state index contributed by atoms with van der Waals surface area (Å²) in [5.41, 5.74) is 3.62. The van der Waals surface area contributed by atoms with Gasteiger partial charge in [0.05, 0.1) is 12.7 Å². The summed E-state index contributed by atoms with van der Waals surface area (Å²) in [6.07, 6.45) is 3.75. The van der Waals surface area contributed by atoms with Crippen molar-refractivity contribution in [2.45, 2.75) is 52.1 Å². The Hall–Kier alpha value is -2.17. The van der Waals surface area contributed by atoms with E-state index in [2.05, 4.69) is 31.2 Å². The molecule has 156 valence electrons. The number of aryl methyl sites for hydroxylation is 1. The van der Waals surface area contributed by atoms with Crippen LogP contribution in [0.2, 0.25) is 0 Å². The van der Waals surface area contributed by atoms with Crippen LogP contribution in [0, 0.1) is 5.41 Å². The number of likely N-dealkylation sites (tertiary alicyclic amines) is 1. The smallest absolute Gasteiger partial charge is 0.253 e. The van der Waals surface area contributed by atoms with Gasteiger partial charge in [-0.25, -0.2) is 0 Å². The average molecular weight is 396 g/mol. The monoisotopic (exact) mass is 395 g/mol. The highest BCUT2D eigenvalue weighted by Gasteiger charge is 2.43. The van der Waals surface area contributed by atoms with Gasteiger partial charge in [-0.15, -0.1) is 0 Å². The van der Waals surface area contributed by atoms with Gasteiger partial charge in [-0.2, -0.15) is 0 Å². The number of carbonyl (C=O) groups excluding carboxylic acids is 1. The van der Waals surface area contributed by atoms with Gasteiger partial charge < -0.3 is 15.1 Å². The van der Waals surface area contributed by atoms with Crippen LogP contribution < -0.4 is 0 Å². The van der Waals surface area contributed by atoms with Gasteiger partial charge in [-0.3, -0.25) is 4.79 Å². The lowest BCUT2D eigenvalue weighted by atomic mass is 9.74. The molecule has 1 amide bonds. The van der Waals surface area contributed by atoms with Crippen LogP contribution in [-0.2, 0) is 6.42 Å². The Bertz CT molecular complexity index is 800. The van der Waals surface area contributed by atoms with E-state index in [9.17, 15) is 15.0 Å². The van der Waals surface area contributed by atoms with Crippen molar-refractivity contribution in [2.24, 2.45) is 5.41 Å². The lowest BCUT2D eigenvalue weighted by Crippen LogP contribution is -2.55. The number of nitrogens with zero attached hydrogens (tertiary/aromatic N) is 1. The molecule has 0 bridgehead atoms. The van der Waals surface area contributed by atoms with Crippen molar-refractivity contribution in [3.8, 4) is 11.1 Å². The molecule has 0 spiro atoms. The number of carbonyl (C=O) groups is 1. The predicted molar refractivity (Wildman–Crippen MR) is 117 cm³/mol. The van der Waals surface area contributed by atoms with Gasteiger partial charge in [0.1, 0.15) is 0 Å². The molecule has 0 aliphatic carbocycles. The second-order valence-electron chi connectivity index (χ2n) is 8.33. The third-order valence-corrected chi connectivity index (χ3v) is 6.19. The minimum Gasteiger partial charge on any atom is -0.396 e. The van der Waals surface area contributed by atoms with E-state index in [1.54, 1.807) is 4.90 Å². The second kappa shape index (κ2) is 9.55. The van der Waals surface area contributed by atoms with E-state index in [4.69, 9.17) is 0 Å². The van der Waals surface area contributed by atoms with Gasteiger partial charge in [-0.05, 0) is 48.1 Å². The van der Waals surface area contributed by atoms with Crippen molar-refractivity contribution in [3.63, 3.8) is 0 Å². The molecule has 1 aliphatic heterocycles. The first kappa shape index (κ1) is 21.5. The number of benzene rings is 2. The molecular formula is C25H33NO3. The first-order valence-electron chi connectivity index (χ1n) is 10.8. The average Bonchev–Trinajstić information content (AvgIpc) is 2.76. The van der Waals surface area contributed by atoms with Crippen molar-refractivity contribution in [1.29, 1.82) is 0 Å². The van der Waals surface area contributed by atoms with Crippen LogP contribution in [0.1, 0.15) is 55.5 Å². The highest BCUT2D eigenvalue weighted by Crippen LogP contribution is 2.35. The Morgan fingerprint density at radius 2 is 1.66 bits per heavy atom. The molecule has 1 aliphatic rings. The van der Waals surface area contributed by atoms with Crippen molar-refractivity contribution in [1.82, 2.24) is 4.90 Å². The molecule has 0 unspecified atom stereocenters. The van der Waals surface area contributed by atoms with E-state index in [1.165, 1.54) is 5.56 Å². The first-order valence-corrected chi connectivity index (χ1v) is 10.8. The van der Waals surface area contributed by atoms with E-state index in [0.29, 0.717) is 31.5 Å². The fraction of sp³-hybridized carbons (Fsp3) is 0.480. The van der Waals surface area contributed by atoms with Crippen molar-refractivity contribution < 1.29 is 15.0 Å². The third kappa shape index (κ3) is 4.71. The molecule has 4 nitrogen and oxygen atoms in total. The Kier molecular flexibility index (Phi) is 7.09. The molecule has 4 heteroatoms. The zero-order valence-electron chi connectivity index (χ0n) is 17.6. The zero-order valence-corrected chi connectivity index (χ0v) is 17.6. The SMILES string of the molecule is CCCc1ccc(-c2ccc(C(=O)N3CC[C@@H](O)[C@@](CO)(CCC)C3)cc2)cc1. The first-order chi connectivity index (χ1) is 14.0. The van der Waals surface area contributed by atoms with Crippen LogP contribution in [0.5, 0.6) is 0 Å². The molecule has 2 atom stereocenters. The summed E-state index contributed by atoms with van der Waals surface area (Å²) >= 11 is 0. The number of aliphatic hydroxyl groups excluding tert-OH is 2. The fourth-order valence-corrected chi connectivity index (χ4v) is 4.44. The van der Waals surface area contributed by atoms with Crippen LogP contribution in [-0.4, -0.2) is 46.8 Å². The third-order valence-electron chi connectivity index (χ3n) is 6.19. The van der Waals surface area contributed by atoms with Crippen LogP contribution in [0.15, 0.2) is 48.5 Å². The van der Waals surface area contributed by atoms with E-state index in [-0.39, 0.29) is 12.5 Å². The lowest BCUT2D eigenvalue weighted by molar-refractivity contribution is -0.0720. The summed E-state index contributed by atoms with van der Waals surface area (Å²) in [6, 6.07) is 16.3. The van der Waals surface area contributed by atoms with Crippen LogP contribution in [0.25, 0.3) is 11.1 Å². The molecule has 1 fully saturated rings. The van der Waals surface area contributed by atoms with Crippen molar-refractivity contribution in [3.05, 3.63) is 59.7 Å². The van der Waals surface area contributed by atoms with Gasteiger partial charge in [-0.1, -0.05) is 63.1 Å². The molecule has 3 rings (SSSR count). The molecule has 2 aromatic carbocycles. The molecule has 2 N–H and O–H groups in total. The summed E-state index contributed by atoms with van der Waals surface area (Å²) in [7, 11) is 0. The number of piperidine rings is 1. The Morgan fingerprint density at radius 3 is 2.21 bits per heavy atom. The quantitative estimate of drug-likeness (QED) is 0.735. The molecule has 0 aromatic heterocycles. The van der Waals surface area contributed by atoms with Crippen LogP contribution in [0.3, 0.4) is 0 Å². The number of hydrogen-bond acceptors (Lipinski definition) is 3. The Balaban J connectivity index is 1.73. The van der Waals surface area contributed by atoms with Gasteiger partial charge in [0, 0.05) is 24.1 Å². The van der Waals surface area contributed by atoms with Gasteiger partial charge in [0.15, 0.2) is 0 Å². The van der Waals surface area contributed by atoms with E-state index < -0.39 is 11.5 Å². The van der Waals surface area contributed by atoms with Crippen molar-refractivity contribution >= 4 is 5.91 Å². The van der Waals surface area contributed by atoms with Crippen molar-refractivity contribution in [2.75, 3.05) is 19.7 Å². The molecule has 0 saturated carbocycles. The summed E-state index contributed by atoms with van der Waals surface area (Å²) in [5, 5.41) is 20.4. The summed E-state index contributed by atoms with van der Waals surface area (Å²) in [6.45, 7) is 5.04. The molecule has 2 aromatic rings. The maximum absolute atomic E-state index is 13.0. The maximum Gasteiger partial charge on any atom is 0.253 e. The Labute approximate surface area is 174 Å². The van der Waals surface area contributed by atoms with Crippen LogP contribution >= 0.6 is 0 Å². The standard InChI is InChI=1S/C25H33NO3/c1-3-5-19-6-8-20(9-7-19)21-10-12-22(13-11-21)24(29)26-16-14-23(28)25(17-26,18-27)15-4-2/h6-13,23,27-28H,3-5,14-18H2,1-2H3/t23-,25+/m1/s1. The second-order valence-corrected chi connectivity index (χ2v) is 8.33. The summed E-state index contributed by atoms with van der Waals surface area (Å²) in [5.74, 6) is -0.0318. The van der Waals surface area contributed by atoms with E-state index >= 15 is 0 Å². The normalized spacial score (nSPS) is 21.9. The van der Waals surface area contributed by atoms with Gasteiger partial charge in [0.2, 0.25) is 0 Å². The Morgan fingerprint density at radius 1 is 1.03 bits per heavy atom. The lowest BCUT2D eigenvalue weighted by Gasteiger charge is -2.45. The number of hydrogen-bond donors (Lipinski definition) is 2. The molecule has 0 radical (unpaired) electrons. The molecular weight excluding hydrogens is 362 g/mol. The largest absolute Gasteiger partial charge is 0.396 e. The maximum atomic E-state index is 13.0. The van der Waals surface area contributed by atoms with Gasteiger partial charge in [0.25, 0.3) is 5.91 Å². The topological polar surface area (TPSA) is 60.8 Å². The predicted octanol–water partition coefficient (Wildman–Crippen LogP) is 4.29. The highest BCUT2D eigenvalue weighted by molar-refractivity contribution is 5.94. The van der Waals surface area contributed by atoms with Crippen LogP contribution in [0.4, 0.5) is 0 Å². The van der Waals surface area contributed by atoms with E-state index in [0.717, 1.165) is 30.4 Å². The zero-order chi connectivity index (χ0) is 20.9. The molecule has 29 heavy (non-hydrogen) atoms. The molecule has 1 heterocycles. The highest BCUT2D eigenvalue weighted by atomic mass is 16.3. The summed E-state index contributed by atoms with van der Waals surface area (Å²) in [4.78, 5) is 14.8.